The zero-order chi connectivity index (χ0) is 22.7. The highest BCUT2D eigenvalue weighted by atomic mass is 16.2. The van der Waals surface area contributed by atoms with Gasteiger partial charge in [0.25, 0.3) is 5.91 Å². The fourth-order valence-electron chi connectivity index (χ4n) is 6.40. The van der Waals surface area contributed by atoms with E-state index in [2.05, 4.69) is 35.8 Å². The molecule has 0 unspecified atom stereocenters. The number of nitrogens with two attached hydrogens (primary N) is 1. The number of nitrogens with zero attached hydrogens (tertiary/aromatic N) is 1. The molecule has 168 valence electrons. The SMILES string of the molecule is C=CC(=O)N1CCc2c(cccc2-c2ccc(C(N)=O)c3[nH]c4c(c23)CC2(CCC2)CC4)C1. The number of fused-ring (bicyclic) bond motifs is 4. The van der Waals surface area contributed by atoms with E-state index in [0.29, 0.717) is 24.1 Å². The third-order valence-electron chi connectivity index (χ3n) is 8.33. The maximum atomic E-state index is 12.3. The number of hydrogen-bond acceptors (Lipinski definition) is 2. The molecule has 3 aromatic rings. The smallest absolute Gasteiger partial charge is 0.250 e. The van der Waals surface area contributed by atoms with E-state index in [-0.39, 0.29) is 5.91 Å². The maximum absolute atomic E-state index is 12.3. The van der Waals surface area contributed by atoms with Gasteiger partial charge in [-0.25, -0.2) is 0 Å². The fourth-order valence-corrected chi connectivity index (χ4v) is 6.40. The standard InChI is InChI=1S/C28H29N3O2/c1-2-24(32)31-14-10-18-17(16-31)5-3-6-19(18)20-7-8-21(27(29)33)26-25(20)22-15-28(11-4-12-28)13-9-23(22)30-26/h2-3,5-8,30H,1,4,9-16H2,(H2,29,33). The van der Waals surface area contributed by atoms with Gasteiger partial charge in [0.2, 0.25) is 5.91 Å². The van der Waals surface area contributed by atoms with Crippen LogP contribution < -0.4 is 5.73 Å². The topological polar surface area (TPSA) is 79.2 Å². The minimum absolute atomic E-state index is 0.0234. The van der Waals surface area contributed by atoms with Gasteiger partial charge < -0.3 is 15.6 Å². The normalized spacial score (nSPS) is 18.5. The number of carbonyl (C=O) groups is 2. The zero-order valence-corrected chi connectivity index (χ0v) is 18.9. The van der Waals surface area contributed by atoms with Crippen LogP contribution in [0.2, 0.25) is 0 Å². The third-order valence-corrected chi connectivity index (χ3v) is 8.33. The number of nitrogens with one attached hydrogen (secondary N) is 1. The molecular weight excluding hydrogens is 410 g/mol. The number of aromatic amines is 1. The number of hydrogen-bond donors (Lipinski definition) is 2. The summed E-state index contributed by atoms with van der Waals surface area (Å²) in [4.78, 5) is 29.9. The van der Waals surface area contributed by atoms with Crippen LogP contribution in [0.5, 0.6) is 0 Å². The first kappa shape index (κ1) is 20.3. The third kappa shape index (κ3) is 3.05. The van der Waals surface area contributed by atoms with Crippen molar-refractivity contribution in [2.75, 3.05) is 6.54 Å². The highest BCUT2D eigenvalue weighted by Gasteiger charge is 2.41. The quantitative estimate of drug-likeness (QED) is 0.582. The van der Waals surface area contributed by atoms with E-state index in [1.54, 1.807) is 0 Å². The zero-order valence-electron chi connectivity index (χ0n) is 18.9. The second-order valence-corrected chi connectivity index (χ2v) is 10.0. The Kier molecular flexibility index (Phi) is 4.51. The first-order valence-electron chi connectivity index (χ1n) is 12.0. The van der Waals surface area contributed by atoms with Gasteiger partial charge in [0.15, 0.2) is 0 Å². The van der Waals surface area contributed by atoms with Crippen molar-refractivity contribution >= 4 is 22.7 Å². The predicted molar refractivity (Wildman–Crippen MR) is 130 cm³/mol. The van der Waals surface area contributed by atoms with Crippen molar-refractivity contribution in [3.8, 4) is 11.1 Å². The van der Waals surface area contributed by atoms with Crippen LogP contribution in [0, 0.1) is 5.41 Å². The summed E-state index contributed by atoms with van der Waals surface area (Å²) in [6, 6.07) is 10.3. The molecule has 1 aliphatic heterocycles. The Hall–Kier alpha value is -3.34. The summed E-state index contributed by atoms with van der Waals surface area (Å²) in [5.41, 5.74) is 15.2. The molecule has 1 aromatic heterocycles. The number of aromatic nitrogens is 1. The Morgan fingerprint density at radius 2 is 1.91 bits per heavy atom. The van der Waals surface area contributed by atoms with Gasteiger partial charge in [0, 0.05) is 24.2 Å². The van der Waals surface area contributed by atoms with Gasteiger partial charge in [-0.15, -0.1) is 0 Å². The largest absolute Gasteiger partial charge is 0.366 e. The Bertz CT molecular complexity index is 1330. The predicted octanol–water partition coefficient (Wildman–Crippen LogP) is 4.66. The summed E-state index contributed by atoms with van der Waals surface area (Å²) in [6.45, 7) is 4.93. The van der Waals surface area contributed by atoms with Crippen LogP contribution in [0.15, 0.2) is 43.0 Å². The van der Waals surface area contributed by atoms with Crippen molar-refractivity contribution in [1.82, 2.24) is 9.88 Å². The molecule has 5 heteroatoms. The molecule has 2 amide bonds. The summed E-state index contributed by atoms with van der Waals surface area (Å²) in [5, 5.41) is 1.17. The van der Waals surface area contributed by atoms with E-state index in [0.717, 1.165) is 24.8 Å². The van der Waals surface area contributed by atoms with E-state index < -0.39 is 5.91 Å². The number of primary amides is 1. The van der Waals surface area contributed by atoms with Crippen molar-refractivity contribution in [3.05, 3.63) is 70.9 Å². The Morgan fingerprint density at radius 1 is 1.06 bits per heavy atom. The van der Waals surface area contributed by atoms with Gasteiger partial charge in [0.05, 0.1) is 11.1 Å². The number of H-pyrrole nitrogens is 1. The highest BCUT2D eigenvalue weighted by molar-refractivity contribution is 6.11. The van der Waals surface area contributed by atoms with Crippen molar-refractivity contribution in [1.29, 1.82) is 0 Å². The molecule has 3 N–H and O–H groups in total. The van der Waals surface area contributed by atoms with Crippen LogP contribution in [0.1, 0.15) is 58.4 Å². The summed E-state index contributed by atoms with van der Waals surface area (Å²) < 4.78 is 0. The second-order valence-electron chi connectivity index (χ2n) is 10.0. The molecule has 2 aromatic carbocycles. The lowest BCUT2D eigenvalue weighted by Crippen LogP contribution is -2.35. The van der Waals surface area contributed by atoms with E-state index >= 15 is 0 Å². The lowest BCUT2D eigenvalue weighted by Gasteiger charge is -2.45. The van der Waals surface area contributed by atoms with Crippen molar-refractivity contribution in [2.24, 2.45) is 11.1 Å². The number of carbonyl (C=O) groups excluding carboxylic acids is 2. The molecule has 1 spiro atoms. The molecule has 0 radical (unpaired) electrons. The van der Waals surface area contributed by atoms with Gasteiger partial charge in [-0.2, -0.15) is 0 Å². The summed E-state index contributed by atoms with van der Waals surface area (Å²) in [5.74, 6) is -0.415. The molecule has 3 aliphatic rings. The lowest BCUT2D eigenvalue weighted by atomic mass is 9.60. The fraction of sp³-hybridized carbons (Fsp3) is 0.357. The molecule has 5 nitrogen and oxygen atoms in total. The monoisotopic (exact) mass is 439 g/mol. The van der Waals surface area contributed by atoms with Crippen LogP contribution in [0.3, 0.4) is 0 Å². The molecule has 0 atom stereocenters. The molecular formula is C28H29N3O2. The Balaban J connectivity index is 1.54. The van der Waals surface area contributed by atoms with Crippen molar-refractivity contribution < 1.29 is 9.59 Å². The molecule has 1 fully saturated rings. The number of amides is 2. The van der Waals surface area contributed by atoms with Gasteiger partial charge in [-0.3, -0.25) is 9.59 Å². The Labute approximate surface area is 193 Å². The average molecular weight is 440 g/mol. The van der Waals surface area contributed by atoms with Crippen LogP contribution in [-0.2, 0) is 30.6 Å². The molecule has 1 saturated carbocycles. The molecule has 2 aliphatic carbocycles. The van der Waals surface area contributed by atoms with Gasteiger partial charge in [-0.1, -0.05) is 37.3 Å². The van der Waals surface area contributed by atoms with Crippen molar-refractivity contribution in [2.45, 2.75) is 51.5 Å². The minimum Gasteiger partial charge on any atom is -0.366 e. The summed E-state index contributed by atoms with van der Waals surface area (Å²) >= 11 is 0. The van der Waals surface area contributed by atoms with Gasteiger partial charge in [0.1, 0.15) is 0 Å². The number of aryl methyl sites for hydroxylation is 1. The molecule has 2 heterocycles. The van der Waals surface area contributed by atoms with Crippen LogP contribution in [-0.4, -0.2) is 28.2 Å². The minimum atomic E-state index is -0.392. The molecule has 33 heavy (non-hydrogen) atoms. The number of rotatable bonds is 3. The van der Waals surface area contributed by atoms with Crippen LogP contribution >= 0.6 is 0 Å². The Morgan fingerprint density at radius 3 is 2.64 bits per heavy atom. The molecule has 6 rings (SSSR count). The van der Waals surface area contributed by atoms with Crippen LogP contribution in [0.25, 0.3) is 22.0 Å². The highest BCUT2D eigenvalue weighted by Crippen LogP contribution is 2.52. The average Bonchev–Trinajstić information content (AvgIpc) is 3.19. The summed E-state index contributed by atoms with van der Waals surface area (Å²) in [7, 11) is 0. The van der Waals surface area contributed by atoms with Crippen LogP contribution in [0.4, 0.5) is 0 Å². The number of benzene rings is 2. The van der Waals surface area contributed by atoms with Gasteiger partial charge >= 0.3 is 0 Å². The maximum Gasteiger partial charge on any atom is 0.250 e. The van der Waals surface area contributed by atoms with E-state index in [1.807, 2.05) is 11.0 Å². The molecule has 0 bridgehead atoms. The van der Waals surface area contributed by atoms with E-state index in [4.69, 9.17) is 5.73 Å². The first-order valence-corrected chi connectivity index (χ1v) is 12.0. The van der Waals surface area contributed by atoms with Gasteiger partial charge in [-0.05, 0) is 83.9 Å². The second kappa shape index (κ2) is 7.34. The van der Waals surface area contributed by atoms with E-state index in [9.17, 15) is 9.59 Å². The lowest BCUT2D eigenvalue weighted by molar-refractivity contribution is -0.126. The van der Waals surface area contributed by atoms with E-state index in [1.165, 1.54) is 70.7 Å². The molecule has 0 saturated heterocycles. The van der Waals surface area contributed by atoms with Crippen molar-refractivity contribution in [3.63, 3.8) is 0 Å². The first-order chi connectivity index (χ1) is 16.0. The summed E-state index contributed by atoms with van der Waals surface area (Å²) in [6.07, 6.45) is 9.46.